The van der Waals surface area contributed by atoms with Gasteiger partial charge in [0, 0.05) is 6.54 Å². The molecule has 1 heterocycles. The maximum Gasteiger partial charge on any atom is 0.160 e. The van der Waals surface area contributed by atoms with Crippen molar-refractivity contribution in [2.75, 3.05) is 13.7 Å². The highest BCUT2D eigenvalue weighted by Crippen LogP contribution is 2.54. The SMILES string of the molecule is COc1cc2c(cc1O)CCNC2(C(C)(C)C)C(C)(C)C. The largest absolute Gasteiger partial charge is 0.504 e. The van der Waals surface area contributed by atoms with Crippen LogP contribution in [0.25, 0.3) is 0 Å². The molecule has 1 aliphatic heterocycles. The van der Waals surface area contributed by atoms with E-state index in [1.807, 2.05) is 12.1 Å². The molecule has 2 N–H and O–H groups in total. The number of phenolic OH excluding ortho intramolecular Hbond substituents is 1. The Kier molecular flexibility index (Phi) is 3.78. The fraction of sp³-hybridized carbons (Fsp3) is 0.667. The highest BCUT2D eigenvalue weighted by molar-refractivity contribution is 5.51. The van der Waals surface area contributed by atoms with Crippen LogP contribution in [0.4, 0.5) is 0 Å². The third-order valence-corrected chi connectivity index (χ3v) is 4.84. The predicted molar refractivity (Wildman–Crippen MR) is 87.0 cm³/mol. The van der Waals surface area contributed by atoms with Gasteiger partial charge in [0.15, 0.2) is 11.5 Å². The number of rotatable bonds is 1. The quantitative estimate of drug-likeness (QED) is 0.826. The fourth-order valence-electron chi connectivity index (χ4n) is 4.27. The first-order chi connectivity index (χ1) is 9.54. The van der Waals surface area contributed by atoms with Gasteiger partial charge < -0.3 is 15.2 Å². The minimum Gasteiger partial charge on any atom is -0.504 e. The van der Waals surface area contributed by atoms with Crippen molar-refractivity contribution in [3.05, 3.63) is 23.3 Å². The van der Waals surface area contributed by atoms with Gasteiger partial charge in [-0.15, -0.1) is 0 Å². The van der Waals surface area contributed by atoms with E-state index in [1.54, 1.807) is 7.11 Å². The summed E-state index contributed by atoms with van der Waals surface area (Å²) < 4.78 is 5.35. The maximum atomic E-state index is 10.1. The van der Waals surface area contributed by atoms with Crippen molar-refractivity contribution in [1.82, 2.24) is 5.32 Å². The lowest BCUT2D eigenvalue weighted by atomic mass is 9.55. The van der Waals surface area contributed by atoms with E-state index in [4.69, 9.17) is 4.74 Å². The molecule has 118 valence electrons. The van der Waals surface area contributed by atoms with E-state index in [0.717, 1.165) is 13.0 Å². The van der Waals surface area contributed by atoms with Crippen LogP contribution in [0, 0.1) is 10.8 Å². The molecule has 3 heteroatoms. The second-order valence-corrected chi connectivity index (χ2v) is 8.11. The number of hydrogen-bond donors (Lipinski definition) is 2. The number of benzene rings is 1. The molecule has 1 aromatic rings. The topological polar surface area (TPSA) is 41.5 Å². The van der Waals surface area contributed by atoms with E-state index in [-0.39, 0.29) is 22.1 Å². The van der Waals surface area contributed by atoms with Crippen LogP contribution in [0.5, 0.6) is 11.5 Å². The van der Waals surface area contributed by atoms with E-state index < -0.39 is 0 Å². The normalized spacial score (nSPS) is 18.2. The van der Waals surface area contributed by atoms with E-state index in [9.17, 15) is 5.11 Å². The summed E-state index contributed by atoms with van der Waals surface area (Å²) in [7, 11) is 1.60. The lowest BCUT2D eigenvalue weighted by molar-refractivity contribution is 0.0110. The van der Waals surface area contributed by atoms with Gasteiger partial charge in [0.25, 0.3) is 0 Å². The second-order valence-electron chi connectivity index (χ2n) is 8.11. The van der Waals surface area contributed by atoms with Gasteiger partial charge in [-0.1, -0.05) is 41.5 Å². The van der Waals surface area contributed by atoms with Crippen LogP contribution >= 0.6 is 0 Å². The first kappa shape index (κ1) is 16.2. The Morgan fingerprint density at radius 2 is 1.67 bits per heavy atom. The summed E-state index contributed by atoms with van der Waals surface area (Å²) in [4.78, 5) is 0. The Labute approximate surface area is 128 Å². The summed E-state index contributed by atoms with van der Waals surface area (Å²) in [6.07, 6.45) is 0.931. The summed E-state index contributed by atoms with van der Waals surface area (Å²) in [5, 5.41) is 13.9. The Hall–Kier alpha value is -1.22. The summed E-state index contributed by atoms with van der Waals surface area (Å²) in [5.41, 5.74) is 2.36. The third kappa shape index (κ3) is 2.32. The molecule has 1 aromatic carbocycles. The number of nitrogens with one attached hydrogen (secondary N) is 1. The van der Waals surface area contributed by atoms with Crippen LogP contribution in [0.3, 0.4) is 0 Å². The Morgan fingerprint density at radius 1 is 1.10 bits per heavy atom. The molecule has 0 saturated carbocycles. The molecule has 0 radical (unpaired) electrons. The van der Waals surface area contributed by atoms with Crippen LogP contribution in [-0.2, 0) is 12.0 Å². The molecular weight excluding hydrogens is 262 g/mol. The van der Waals surface area contributed by atoms with Gasteiger partial charge in [0.1, 0.15) is 0 Å². The summed E-state index contributed by atoms with van der Waals surface area (Å²) >= 11 is 0. The monoisotopic (exact) mass is 291 g/mol. The van der Waals surface area contributed by atoms with Crippen molar-refractivity contribution in [3.63, 3.8) is 0 Å². The van der Waals surface area contributed by atoms with Crippen LogP contribution in [0.15, 0.2) is 12.1 Å². The van der Waals surface area contributed by atoms with Crippen molar-refractivity contribution in [3.8, 4) is 11.5 Å². The zero-order valence-electron chi connectivity index (χ0n) is 14.4. The molecule has 21 heavy (non-hydrogen) atoms. The molecule has 1 aliphatic rings. The van der Waals surface area contributed by atoms with Gasteiger partial charge in [-0.3, -0.25) is 0 Å². The number of hydrogen-bond acceptors (Lipinski definition) is 3. The third-order valence-electron chi connectivity index (χ3n) is 4.84. The van der Waals surface area contributed by atoms with E-state index in [1.165, 1.54) is 11.1 Å². The van der Waals surface area contributed by atoms with E-state index in [2.05, 4.69) is 46.9 Å². The standard InChI is InChI=1S/C18H29NO2/c1-16(2,3)18(17(4,5)6)13-11-15(21-7)14(20)10-12(13)8-9-19-18/h10-11,19-20H,8-9H2,1-7H3. The number of ether oxygens (including phenoxy) is 1. The second kappa shape index (κ2) is 4.91. The van der Waals surface area contributed by atoms with Crippen LogP contribution in [0.1, 0.15) is 52.7 Å². The predicted octanol–water partition coefficient (Wildman–Crippen LogP) is 3.83. The van der Waals surface area contributed by atoms with Gasteiger partial charge in [0.05, 0.1) is 12.6 Å². The van der Waals surface area contributed by atoms with Crippen molar-refractivity contribution in [2.24, 2.45) is 10.8 Å². The van der Waals surface area contributed by atoms with Crippen LogP contribution < -0.4 is 10.1 Å². The molecule has 0 bridgehead atoms. The summed E-state index contributed by atoms with van der Waals surface area (Å²) in [5.74, 6) is 0.783. The zero-order chi connectivity index (χ0) is 16.1. The minimum absolute atomic E-state index is 0.0302. The molecule has 0 atom stereocenters. The van der Waals surface area contributed by atoms with Gasteiger partial charge in [-0.25, -0.2) is 0 Å². The molecule has 0 spiro atoms. The highest BCUT2D eigenvalue weighted by Gasteiger charge is 2.53. The zero-order valence-corrected chi connectivity index (χ0v) is 14.4. The molecule has 0 fully saturated rings. The molecular formula is C18H29NO2. The summed E-state index contributed by atoms with van der Waals surface area (Å²) in [6.45, 7) is 14.6. The van der Waals surface area contributed by atoms with E-state index >= 15 is 0 Å². The van der Waals surface area contributed by atoms with Crippen LogP contribution in [-0.4, -0.2) is 18.8 Å². The minimum atomic E-state index is -0.172. The first-order valence-corrected chi connectivity index (χ1v) is 7.70. The molecule has 2 rings (SSSR count). The van der Waals surface area contributed by atoms with Crippen molar-refractivity contribution in [2.45, 2.75) is 53.5 Å². The lowest BCUT2D eigenvalue weighted by Crippen LogP contribution is -2.62. The maximum absolute atomic E-state index is 10.1. The van der Waals surface area contributed by atoms with Gasteiger partial charge in [-0.05, 0) is 40.5 Å². The van der Waals surface area contributed by atoms with Crippen molar-refractivity contribution in [1.29, 1.82) is 0 Å². The number of aromatic hydroxyl groups is 1. The van der Waals surface area contributed by atoms with Crippen molar-refractivity contribution >= 4 is 0 Å². The average Bonchev–Trinajstić information content (AvgIpc) is 2.34. The van der Waals surface area contributed by atoms with Crippen molar-refractivity contribution < 1.29 is 9.84 Å². The van der Waals surface area contributed by atoms with Gasteiger partial charge in [0.2, 0.25) is 0 Å². The Morgan fingerprint density at radius 3 is 2.14 bits per heavy atom. The number of phenols is 1. The molecule has 0 aliphatic carbocycles. The smallest absolute Gasteiger partial charge is 0.160 e. The Balaban J connectivity index is 2.79. The van der Waals surface area contributed by atoms with E-state index in [0.29, 0.717) is 5.75 Å². The highest BCUT2D eigenvalue weighted by atomic mass is 16.5. The first-order valence-electron chi connectivity index (χ1n) is 7.70. The van der Waals surface area contributed by atoms with Gasteiger partial charge >= 0.3 is 0 Å². The number of fused-ring (bicyclic) bond motifs is 1. The van der Waals surface area contributed by atoms with Crippen LogP contribution in [0.2, 0.25) is 0 Å². The Bertz CT molecular complexity index is 521. The molecule has 0 amide bonds. The molecule has 0 aromatic heterocycles. The molecule has 0 unspecified atom stereocenters. The molecule has 3 nitrogen and oxygen atoms in total. The lowest BCUT2D eigenvalue weighted by Gasteiger charge is -2.57. The fourth-order valence-corrected chi connectivity index (χ4v) is 4.27. The van der Waals surface area contributed by atoms with Gasteiger partial charge in [-0.2, -0.15) is 0 Å². The number of methoxy groups -OCH3 is 1. The average molecular weight is 291 g/mol. The molecule has 0 saturated heterocycles. The summed E-state index contributed by atoms with van der Waals surface area (Å²) in [6, 6.07) is 3.90.